The molecule has 2 atom stereocenters. The van der Waals surface area contributed by atoms with Gasteiger partial charge in [0.05, 0.1) is 13.2 Å². The van der Waals surface area contributed by atoms with Gasteiger partial charge in [0.25, 0.3) is 0 Å². The lowest BCUT2D eigenvalue weighted by Gasteiger charge is -2.39. The molecule has 0 aliphatic carbocycles. The third kappa shape index (κ3) is 1.52. The second-order valence-electron chi connectivity index (χ2n) is 4.93. The Kier molecular flexibility index (Phi) is 2.74. The van der Waals surface area contributed by atoms with Crippen LogP contribution in [0, 0.1) is 5.92 Å². The summed E-state index contributed by atoms with van der Waals surface area (Å²) < 4.78 is 11.0. The van der Waals surface area contributed by atoms with Crippen molar-refractivity contribution >= 4 is 5.97 Å². The van der Waals surface area contributed by atoms with E-state index in [0.29, 0.717) is 32.0 Å². The molecular formula is C14H16O4. The van der Waals surface area contributed by atoms with E-state index in [1.807, 2.05) is 24.3 Å². The molecule has 4 heteroatoms. The van der Waals surface area contributed by atoms with E-state index in [1.54, 1.807) is 0 Å². The molecule has 3 rings (SSSR count). The van der Waals surface area contributed by atoms with Crippen LogP contribution in [0.2, 0.25) is 0 Å². The summed E-state index contributed by atoms with van der Waals surface area (Å²) in [6.07, 6.45) is 1.33. The monoisotopic (exact) mass is 248 g/mol. The summed E-state index contributed by atoms with van der Waals surface area (Å²) in [5.74, 6) is -0.00755. The summed E-state index contributed by atoms with van der Waals surface area (Å²) in [5, 5.41) is 9.78. The quantitative estimate of drug-likeness (QED) is 0.867. The topological polar surface area (TPSA) is 55.8 Å². The highest BCUT2D eigenvalue weighted by Gasteiger charge is 2.51. The average molecular weight is 248 g/mol. The number of carboxylic acids is 1. The first-order chi connectivity index (χ1) is 8.75. The predicted octanol–water partition coefficient (Wildman–Crippen LogP) is 1.83. The molecule has 1 aromatic carbocycles. The fourth-order valence-electron chi connectivity index (χ4n) is 3.16. The van der Waals surface area contributed by atoms with Crippen molar-refractivity contribution in [2.75, 3.05) is 19.8 Å². The zero-order chi connectivity index (χ0) is 12.6. The SMILES string of the molecule is O=C(O)C1(C2CCOC2)CCOc2ccccc21. The van der Waals surface area contributed by atoms with Gasteiger partial charge in [0.15, 0.2) is 0 Å². The Bertz CT molecular complexity index is 465. The van der Waals surface area contributed by atoms with Gasteiger partial charge in [-0.2, -0.15) is 0 Å². The van der Waals surface area contributed by atoms with Crippen molar-refractivity contribution in [3.63, 3.8) is 0 Å². The third-order valence-corrected chi connectivity index (χ3v) is 4.13. The molecule has 2 unspecified atom stereocenters. The molecule has 0 aromatic heterocycles. The molecule has 1 aromatic rings. The maximum Gasteiger partial charge on any atom is 0.314 e. The fourth-order valence-corrected chi connectivity index (χ4v) is 3.16. The predicted molar refractivity (Wildman–Crippen MR) is 64.8 cm³/mol. The van der Waals surface area contributed by atoms with E-state index in [-0.39, 0.29) is 5.92 Å². The number of fused-ring (bicyclic) bond motifs is 1. The van der Waals surface area contributed by atoms with E-state index in [2.05, 4.69) is 0 Å². The van der Waals surface area contributed by atoms with Crippen LogP contribution in [0.5, 0.6) is 5.75 Å². The van der Waals surface area contributed by atoms with Crippen molar-refractivity contribution in [1.29, 1.82) is 0 Å². The van der Waals surface area contributed by atoms with Crippen molar-refractivity contribution in [2.24, 2.45) is 5.92 Å². The minimum absolute atomic E-state index is 0.0417. The number of benzene rings is 1. The normalized spacial score (nSPS) is 30.6. The number of hydrogen-bond donors (Lipinski definition) is 1. The Hall–Kier alpha value is -1.55. The standard InChI is InChI=1S/C14H16O4/c15-13(16)14(10-5-7-17-9-10)6-8-18-12-4-2-1-3-11(12)14/h1-4,10H,5-9H2,(H,15,16). The van der Waals surface area contributed by atoms with Crippen molar-refractivity contribution in [1.82, 2.24) is 0 Å². The molecule has 1 saturated heterocycles. The molecule has 96 valence electrons. The molecule has 1 fully saturated rings. The maximum atomic E-state index is 11.9. The zero-order valence-electron chi connectivity index (χ0n) is 10.1. The van der Waals surface area contributed by atoms with Gasteiger partial charge in [0, 0.05) is 24.5 Å². The lowest BCUT2D eigenvalue weighted by Crippen LogP contribution is -2.47. The lowest BCUT2D eigenvalue weighted by molar-refractivity contribution is -0.148. The molecule has 0 bridgehead atoms. The third-order valence-electron chi connectivity index (χ3n) is 4.13. The van der Waals surface area contributed by atoms with Gasteiger partial charge in [0.1, 0.15) is 11.2 Å². The molecule has 2 aliphatic heterocycles. The fraction of sp³-hybridized carbons (Fsp3) is 0.500. The Morgan fingerprint density at radius 3 is 2.89 bits per heavy atom. The molecule has 2 aliphatic rings. The summed E-state index contributed by atoms with van der Waals surface area (Å²) in [6.45, 7) is 1.64. The number of aliphatic carboxylic acids is 1. The highest BCUT2D eigenvalue weighted by molar-refractivity contribution is 5.83. The van der Waals surface area contributed by atoms with Gasteiger partial charge in [-0.05, 0) is 12.5 Å². The Balaban J connectivity index is 2.13. The summed E-state index contributed by atoms with van der Waals surface area (Å²) in [7, 11) is 0. The van der Waals surface area contributed by atoms with Crippen molar-refractivity contribution in [3.8, 4) is 5.75 Å². The van der Waals surface area contributed by atoms with Gasteiger partial charge in [-0.3, -0.25) is 4.79 Å². The number of para-hydroxylation sites is 1. The van der Waals surface area contributed by atoms with Crippen molar-refractivity contribution < 1.29 is 19.4 Å². The summed E-state index contributed by atoms with van der Waals surface area (Å²) in [4.78, 5) is 11.9. The van der Waals surface area contributed by atoms with E-state index >= 15 is 0 Å². The second-order valence-corrected chi connectivity index (χ2v) is 4.93. The minimum Gasteiger partial charge on any atom is -0.493 e. The van der Waals surface area contributed by atoms with Gasteiger partial charge in [-0.1, -0.05) is 18.2 Å². The largest absolute Gasteiger partial charge is 0.493 e. The second kappa shape index (κ2) is 4.28. The summed E-state index contributed by atoms with van der Waals surface area (Å²) >= 11 is 0. The Morgan fingerprint density at radius 1 is 1.33 bits per heavy atom. The van der Waals surface area contributed by atoms with Crippen LogP contribution in [-0.2, 0) is 14.9 Å². The molecule has 1 N–H and O–H groups in total. The van der Waals surface area contributed by atoms with Gasteiger partial charge in [0.2, 0.25) is 0 Å². The van der Waals surface area contributed by atoms with Gasteiger partial charge in [-0.25, -0.2) is 0 Å². The number of ether oxygens (including phenoxy) is 2. The molecule has 0 amide bonds. The number of carboxylic acid groups (broad SMARTS) is 1. The molecule has 4 nitrogen and oxygen atoms in total. The van der Waals surface area contributed by atoms with Crippen LogP contribution in [0.15, 0.2) is 24.3 Å². The molecule has 0 saturated carbocycles. The van der Waals surface area contributed by atoms with Crippen LogP contribution in [-0.4, -0.2) is 30.9 Å². The number of carbonyl (C=O) groups is 1. The molecular weight excluding hydrogens is 232 g/mol. The van der Waals surface area contributed by atoms with E-state index in [1.165, 1.54) is 0 Å². The van der Waals surface area contributed by atoms with Crippen LogP contribution in [0.1, 0.15) is 18.4 Å². The van der Waals surface area contributed by atoms with Crippen LogP contribution in [0.4, 0.5) is 0 Å². The lowest BCUT2D eigenvalue weighted by atomic mass is 9.66. The average Bonchev–Trinajstić information content (AvgIpc) is 2.92. The Labute approximate surface area is 106 Å². The number of hydrogen-bond acceptors (Lipinski definition) is 3. The highest BCUT2D eigenvalue weighted by atomic mass is 16.5. The maximum absolute atomic E-state index is 11.9. The zero-order valence-corrected chi connectivity index (χ0v) is 10.1. The van der Waals surface area contributed by atoms with Crippen LogP contribution < -0.4 is 4.74 Å². The molecule has 0 radical (unpaired) electrons. The number of rotatable bonds is 2. The van der Waals surface area contributed by atoms with Crippen LogP contribution in [0.3, 0.4) is 0 Å². The van der Waals surface area contributed by atoms with Gasteiger partial charge in [-0.15, -0.1) is 0 Å². The van der Waals surface area contributed by atoms with Gasteiger partial charge >= 0.3 is 5.97 Å². The smallest absolute Gasteiger partial charge is 0.314 e. The molecule has 0 spiro atoms. The first-order valence-electron chi connectivity index (χ1n) is 6.28. The first-order valence-corrected chi connectivity index (χ1v) is 6.28. The summed E-state index contributed by atoms with van der Waals surface area (Å²) in [6, 6.07) is 7.48. The van der Waals surface area contributed by atoms with E-state index in [0.717, 1.165) is 12.0 Å². The minimum atomic E-state index is -0.842. The van der Waals surface area contributed by atoms with E-state index in [9.17, 15) is 9.90 Å². The summed E-state index contributed by atoms with van der Waals surface area (Å²) in [5.41, 5.74) is -0.0371. The van der Waals surface area contributed by atoms with E-state index in [4.69, 9.17) is 9.47 Å². The van der Waals surface area contributed by atoms with Crippen molar-refractivity contribution in [3.05, 3.63) is 29.8 Å². The Morgan fingerprint density at radius 2 is 2.17 bits per heavy atom. The van der Waals surface area contributed by atoms with E-state index < -0.39 is 11.4 Å². The van der Waals surface area contributed by atoms with Crippen LogP contribution >= 0.6 is 0 Å². The molecule has 2 heterocycles. The highest BCUT2D eigenvalue weighted by Crippen LogP contribution is 2.46. The molecule has 18 heavy (non-hydrogen) atoms. The van der Waals surface area contributed by atoms with Gasteiger partial charge < -0.3 is 14.6 Å². The van der Waals surface area contributed by atoms with Crippen molar-refractivity contribution in [2.45, 2.75) is 18.3 Å². The first kappa shape index (κ1) is 11.5. The van der Waals surface area contributed by atoms with Crippen LogP contribution in [0.25, 0.3) is 0 Å².